The predicted molar refractivity (Wildman–Crippen MR) is 79.7 cm³/mol. The Kier molecular flexibility index (Phi) is 5.07. The molecule has 0 fully saturated rings. The van der Waals surface area contributed by atoms with Crippen molar-refractivity contribution in [3.8, 4) is 5.75 Å². The van der Waals surface area contributed by atoms with Crippen molar-refractivity contribution in [1.82, 2.24) is 4.72 Å². The van der Waals surface area contributed by atoms with Crippen LogP contribution in [0.2, 0.25) is 5.02 Å². The lowest BCUT2D eigenvalue weighted by Gasteiger charge is -2.15. The number of nitrogens with one attached hydrogen (secondary N) is 1. The van der Waals surface area contributed by atoms with E-state index in [4.69, 9.17) is 16.3 Å². The molecule has 0 radical (unpaired) electrons. The molecule has 0 aliphatic heterocycles. The Balaban J connectivity index is 2.17. The molecule has 0 saturated carbocycles. The van der Waals surface area contributed by atoms with Crippen LogP contribution < -0.4 is 9.46 Å². The highest BCUT2D eigenvalue weighted by Gasteiger charge is 2.20. The molecule has 0 unspecified atom stereocenters. The molecule has 0 atom stereocenters. The molecule has 0 spiro atoms. The first kappa shape index (κ1) is 15.4. The summed E-state index contributed by atoms with van der Waals surface area (Å²) in [7, 11) is -2.19. The third kappa shape index (κ3) is 3.75. The number of hydrogen-bond donors (Lipinski definition) is 1. The molecule has 1 N–H and O–H groups in total. The van der Waals surface area contributed by atoms with E-state index >= 15 is 0 Å². The van der Waals surface area contributed by atoms with Gasteiger partial charge in [-0.05, 0) is 43.9 Å². The lowest BCUT2D eigenvalue weighted by molar-refractivity contribution is 0.402. The van der Waals surface area contributed by atoms with E-state index in [0.717, 1.165) is 24.8 Å². The Morgan fingerprint density at radius 2 is 2.15 bits per heavy atom. The first-order valence-corrected chi connectivity index (χ1v) is 8.40. The summed E-state index contributed by atoms with van der Waals surface area (Å²) in [4.78, 5) is 0.0731. The van der Waals surface area contributed by atoms with Crippen molar-refractivity contribution in [1.29, 1.82) is 0 Å². The summed E-state index contributed by atoms with van der Waals surface area (Å²) >= 11 is 5.87. The van der Waals surface area contributed by atoms with Crippen LogP contribution in [-0.4, -0.2) is 22.1 Å². The maximum atomic E-state index is 12.3. The Bertz CT molecular complexity index is 611. The molecule has 1 aromatic rings. The van der Waals surface area contributed by atoms with Gasteiger partial charge in [0.25, 0.3) is 0 Å². The van der Waals surface area contributed by atoms with Gasteiger partial charge in [0, 0.05) is 11.6 Å². The van der Waals surface area contributed by atoms with E-state index in [0.29, 0.717) is 17.3 Å². The van der Waals surface area contributed by atoms with Crippen LogP contribution in [0.4, 0.5) is 0 Å². The fourth-order valence-corrected chi connectivity index (χ4v) is 3.66. The number of halogens is 1. The topological polar surface area (TPSA) is 55.4 Å². The Hall–Kier alpha value is -1.04. The second-order valence-corrected chi connectivity index (χ2v) is 6.90. The summed E-state index contributed by atoms with van der Waals surface area (Å²) in [6.07, 6.45) is 6.39. The van der Waals surface area contributed by atoms with Crippen LogP contribution in [0.25, 0.3) is 0 Å². The molecule has 0 saturated heterocycles. The van der Waals surface area contributed by atoms with Gasteiger partial charge in [-0.15, -0.1) is 0 Å². The maximum Gasteiger partial charge on any atom is 0.244 e. The summed E-state index contributed by atoms with van der Waals surface area (Å²) < 4.78 is 32.4. The van der Waals surface area contributed by atoms with Crippen LogP contribution in [-0.2, 0) is 10.0 Å². The number of methoxy groups -OCH3 is 1. The van der Waals surface area contributed by atoms with Crippen LogP contribution in [0.15, 0.2) is 34.7 Å². The SMILES string of the molecule is COc1ccc(Cl)cc1S(=O)(=O)NCC1=CCCCC1. The van der Waals surface area contributed by atoms with Crippen molar-refractivity contribution in [3.05, 3.63) is 34.9 Å². The molecule has 1 aliphatic rings. The van der Waals surface area contributed by atoms with Crippen molar-refractivity contribution in [2.24, 2.45) is 0 Å². The molecular formula is C14H18ClNO3S. The average molecular weight is 316 g/mol. The van der Waals surface area contributed by atoms with Gasteiger partial charge >= 0.3 is 0 Å². The minimum Gasteiger partial charge on any atom is -0.495 e. The third-order valence-corrected chi connectivity index (χ3v) is 4.95. The van der Waals surface area contributed by atoms with E-state index in [-0.39, 0.29) is 4.90 Å². The molecule has 1 aromatic carbocycles. The number of sulfonamides is 1. The first-order valence-electron chi connectivity index (χ1n) is 6.54. The second kappa shape index (κ2) is 6.61. The summed E-state index contributed by atoms with van der Waals surface area (Å²) in [5.41, 5.74) is 1.14. The van der Waals surface area contributed by atoms with E-state index < -0.39 is 10.0 Å². The van der Waals surface area contributed by atoms with E-state index in [1.54, 1.807) is 12.1 Å². The van der Waals surface area contributed by atoms with E-state index in [2.05, 4.69) is 10.8 Å². The highest BCUT2D eigenvalue weighted by molar-refractivity contribution is 7.89. The van der Waals surface area contributed by atoms with Gasteiger partial charge < -0.3 is 4.74 Å². The molecule has 4 nitrogen and oxygen atoms in total. The molecule has 0 amide bonds. The molecular weight excluding hydrogens is 298 g/mol. The van der Waals surface area contributed by atoms with Gasteiger partial charge in [-0.2, -0.15) is 0 Å². The summed E-state index contributed by atoms with van der Waals surface area (Å²) in [6, 6.07) is 4.55. The normalized spacial score (nSPS) is 15.8. The molecule has 2 rings (SSSR count). The van der Waals surface area contributed by atoms with Crippen molar-refractivity contribution < 1.29 is 13.2 Å². The van der Waals surface area contributed by atoms with E-state index in [1.807, 2.05) is 0 Å². The Morgan fingerprint density at radius 3 is 2.80 bits per heavy atom. The van der Waals surface area contributed by atoms with Crippen LogP contribution in [0.1, 0.15) is 25.7 Å². The van der Waals surface area contributed by atoms with Gasteiger partial charge in [-0.25, -0.2) is 13.1 Å². The van der Waals surface area contributed by atoms with Gasteiger partial charge in [0.05, 0.1) is 7.11 Å². The molecule has 0 heterocycles. The van der Waals surface area contributed by atoms with Gasteiger partial charge in [0.15, 0.2) is 0 Å². The molecule has 6 heteroatoms. The second-order valence-electron chi connectivity index (χ2n) is 4.73. The summed E-state index contributed by atoms with van der Waals surface area (Å²) in [5.74, 6) is 0.291. The zero-order chi connectivity index (χ0) is 14.6. The lowest BCUT2D eigenvalue weighted by Crippen LogP contribution is -2.26. The van der Waals surface area contributed by atoms with E-state index in [1.165, 1.54) is 19.6 Å². The fourth-order valence-electron chi connectivity index (χ4n) is 2.19. The van der Waals surface area contributed by atoms with Crippen molar-refractivity contribution >= 4 is 21.6 Å². The van der Waals surface area contributed by atoms with E-state index in [9.17, 15) is 8.42 Å². The monoisotopic (exact) mass is 315 g/mol. The number of benzene rings is 1. The van der Waals surface area contributed by atoms with Gasteiger partial charge in [-0.1, -0.05) is 23.3 Å². The van der Waals surface area contributed by atoms with Crippen LogP contribution in [0, 0.1) is 0 Å². The quantitative estimate of drug-likeness (QED) is 0.849. The summed E-state index contributed by atoms with van der Waals surface area (Å²) in [6.45, 7) is 0.345. The zero-order valence-electron chi connectivity index (χ0n) is 11.4. The van der Waals surface area contributed by atoms with Gasteiger partial charge in [-0.3, -0.25) is 0 Å². The third-order valence-electron chi connectivity index (χ3n) is 3.29. The van der Waals surface area contributed by atoms with Crippen LogP contribution in [0.5, 0.6) is 5.75 Å². The summed E-state index contributed by atoms with van der Waals surface area (Å²) in [5, 5.41) is 0.364. The van der Waals surface area contributed by atoms with Crippen LogP contribution >= 0.6 is 11.6 Å². The fraction of sp³-hybridized carbons (Fsp3) is 0.429. The molecule has 110 valence electrons. The minimum atomic E-state index is -3.63. The average Bonchev–Trinajstić information content (AvgIpc) is 2.46. The van der Waals surface area contributed by atoms with Crippen molar-refractivity contribution in [3.63, 3.8) is 0 Å². The molecule has 0 bridgehead atoms. The lowest BCUT2D eigenvalue weighted by atomic mass is 10.0. The maximum absolute atomic E-state index is 12.3. The largest absolute Gasteiger partial charge is 0.495 e. The van der Waals surface area contributed by atoms with Crippen LogP contribution in [0.3, 0.4) is 0 Å². The standard InChI is InChI=1S/C14H18ClNO3S/c1-19-13-8-7-12(15)9-14(13)20(17,18)16-10-11-5-3-2-4-6-11/h5,7-9,16H,2-4,6,10H2,1H3. The number of allylic oxidation sites excluding steroid dienone is 1. The Labute approximate surface area is 124 Å². The number of rotatable bonds is 5. The van der Waals surface area contributed by atoms with Gasteiger partial charge in [0.1, 0.15) is 10.6 Å². The number of ether oxygens (including phenoxy) is 1. The van der Waals surface area contributed by atoms with Crippen molar-refractivity contribution in [2.45, 2.75) is 30.6 Å². The smallest absolute Gasteiger partial charge is 0.244 e. The highest BCUT2D eigenvalue weighted by atomic mass is 35.5. The minimum absolute atomic E-state index is 0.0731. The zero-order valence-corrected chi connectivity index (χ0v) is 12.9. The predicted octanol–water partition coefficient (Wildman–Crippen LogP) is 3.13. The highest BCUT2D eigenvalue weighted by Crippen LogP contribution is 2.27. The Morgan fingerprint density at radius 1 is 1.35 bits per heavy atom. The number of hydrogen-bond acceptors (Lipinski definition) is 3. The first-order chi connectivity index (χ1) is 9.53. The molecule has 20 heavy (non-hydrogen) atoms. The van der Waals surface area contributed by atoms with Crippen molar-refractivity contribution in [2.75, 3.05) is 13.7 Å². The van der Waals surface area contributed by atoms with Gasteiger partial charge in [0.2, 0.25) is 10.0 Å². The molecule has 1 aliphatic carbocycles. The molecule has 0 aromatic heterocycles.